The van der Waals surface area contributed by atoms with Crippen molar-refractivity contribution in [2.24, 2.45) is 0 Å². The average molecular weight is 310 g/mol. The highest BCUT2D eigenvalue weighted by atomic mass is 16.5. The lowest BCUT2D eigenvalue weighted by molar-refractivity contribution is 0.412. The van der Waals surface area contributed by atoms with Gasteiger partial charge < -0.3 is 15.4 Å². The van der Waals surface area contributed by atoms with Gasteiger partial charge in [0.05, 0.1) is 37.6 Å². The molecular weight excluding hydrogens is 292 g/mol. The second kappa shape index (κ2) is 5.85. The van der Waals surface area contributed by atoms with Crippen molar-refractivity contribution in [1.82, 2.24) is 24.7 Å². The summed E-state index contributed by atoms with van der Waals surface area (Å²) in [6.07, 6.45) is 8.31. The van der Waals surface area contributed by atoms with Crippen LogP contribution in [0.2, 0.25) is 0 Å². The Hall–Kier alpha value is -2.67. The van der Waals surface area contributed by atoms with Gasteiger partial charge in [-0.1, -0.05) is 0 Å². The first-order valence-corrected chi connectivity index (χ1v) is 7.64. The van der Waals surface area contributed by atoms with Crippen molar-refractivity contribution < 1.29 is 4.74 Å². The SMILES string of the molecule is COc1ccc2ncc(-c3cncc(N[C@@H]4CCNC4)n3)n2c1. The predicted molar refractivity (Wildman–Crippen MR) is 87.7 cm³/mol. The van der Waals surface area contributed by atoms with Crippen molar-refractivity contribution in [1.29, 1.82) is 0 Å². The average Bonchev–Trinajstić information content (AvgIpc) is 3.23. The highest BCUT2D eigenvalue weighted by Crippen LogP contribution is 2.22. The fourth-order valence-corrected chi connectivity index (χ4v) is 2.82. The van der Waals surface area contributed by atoms with Gasteiger partial charge in [-0.2, -0.15) is 0 Å². The summed E-state index contributed by atoms with van der Waals surface area (Å²) in [7, 11) is 1.65. The van der Waals surface area contributed by atoms with Crippen LogP contribution < -0.4 is 15.4 Å². The molecule has 1 aliphatic rings. The molecule has 0 aliphatic carbocycles. The van der Waals surface area contributed by atoms with E-state index >= 15 is 0 Å². The van der Waals surface area contributed by atoms with Crippen LogP contribution in [0.1, 0.15) is 6.42 Å². The topological polar surface area (TPSA) is 76.4 Å². The number of hydrogen-bond donors (Lipinski definition) is 2. The highest BCUT2D eigenvalue weighted by Gasteiger charge is 2.15. The maximum Gasteiger partial charge on any atom is 0.145 e. The molecular formula is C16H18N6O. The van der Waals surface area contributed by atoms with Gasteiger partial charge in [0.1, 0.15) is 22.9 Å². The summed E-state index contributed by atoms with van der Waals surface area (Å²) in [5, 5.41) is 6.76. The summed E-state index contributed by atoms with van der Waals surface area (Å²) >= 11 is 0. The van der Waals surface area contributed by atoms with Gasteiger partial charge in [0, 0.05) is 12.6 Å². The van der Waals surface area contributed by atoms with E-state index in [2.05, 4.69) is 25.6 Å². The zero-order valence-corrected chi connectivity index (χ0v) is 12.9. The molecule has 118 valence electrons. The van der Waals surface area contributed by atoms with E-state index in [1.54, 1.807) is 25.7 Å². The maximum absolute atomic E-state index is 5.29. The Morgan fingerprint density at radius 3 is 3.09 bits per heavy atom. The Balaban J connectivity index is 1.69. The number of fused-ring (bicyclic) bond motifs is 1. The molecule has 7 heteroatoms. The zero-order valence-electron chi connectivity index (χ0n) is 12.9. The summed E-state index contributed by atoms with van der Waals surface area (Å²) < 4.78 is 7.25. The van der Waals surface area contributed by atoms with E-state index in [4.69, 9.17) is 4.74 Å². The van der Waals surface area contributed by atoms with Crippen LogP contribution in [-0.2, 0) is 0 Å². The molecule has 1 atom stereocenters. The zero-order chi connectivity index (χ0) is 15.6. The van der Waals surface area contributed by atoms with Crippen molar-refractivity contribution >= 4 is 11.5 Å². The van der Waals surface area contributed by atoms with E-state index in [1.165, 1.54) is 0 Å². The van der Waals surface area contributed by atoms with Crippen molar-refractivity contribution in [3.8, 4) is 17.1 Å². The molecule has 0 aromatic carbocycles. The third-order valence-electron chi connectivity index (χ3n) is 4.02. The van der Waals surface area contributed by atoms with Crippen LogP contribution in [0.25, 0.3) is 17.0 Å². The van der Waals surface area contributed by atoms with Gasteiger partial charge >= 0.3 is 0 Å². The van der Waals surface area contributed by atoms with E-state index in [0.717, 1.165) is 48.1 Å². The molecule has 1 aliphatic heterocycles. The molecule has 1 fully saturated rings. The van der Waals surface area contributed by atoms with Gasteiger partial charge in [0.25, 0.3) is 0 Å². The van der Waals surface area contributed by atoms with Crippen LogP contribution in [0.4, 0.5) is 5.82 Å². The Morgan fingerprint density at radius 2 is 2.26 bits per heavy atom. The van der Waals surface area contributed by atoms with Gasteiger partial charge in [0.15, 0.2) is 0 Å². The van der Waals surface area contributed by atoms with Crippen LogP contribution in [0.3, 0.4) is 0 Å². The number of imidazole rings is 1. The third-order valence-corrected chi connectivity index (χ3v) is 4.02. The molecule has 3 aromatic heterocycles. The predicted octanol–water partition coefficient (Wildman–Crippen LogP) is 1.57. The van der Waals surface area contributed by atoms with Crippen LogP contribution in [0, 0.1) is 0 Å². The summed E-state index contributed by atoms with van der Waals surface area (Å²) in [6.45, 7) is 2.00. The Morgan fingerprint density at radius 1 is 1.30 bits per heavy atom. The number of pyridine rings is 1. The second-order valence-corrected chi connectivity index (χ2v) is 5.56. The number of aromatic nitrogens is 4. The molecule has 0 spiro atoms. The summed E-state index contributed by atoms with van der Waals surface area (Å²) in [5.41, 5.74) is 2.52. The largest absolute Gasteiger partial charge is 0.495 e. The molecule has 0 bridgehead atoms. The lowest BCUT2D eigenvalue weighted by Gasteiger charge is -2.12. The number of nitrogens with one attached hydrogen (secondary N) is 2. The molecule has 2 N–H and O–H groups in total. The van der Waals surface area contributed by atoms with Crippen LogP contribution in [0.5, 0.6) is 5.75 Å². The highest BCUT2D eigenvalue weighted by molar-refractivity contribution is 5.61. The fourth-order valence-electron chi connectivity index (χ4n) is 2.82. The Labute approximate surface area is 133 Å². The quantitative estimate of drug-likeness (QED) is 0.762. The molecule has 1 saturated heterocycles. The lowest BCUT2D eigenvalue weighted by Crippen LogP contribution is -2.22. The standard InChI is InChI=1S/C16H18N6O/c1-23-12-2-3-16-19-8-14(22(16)10-12)13-7-18-9-15(21-13)20-11-4-5-17-6-11/h2-3,7-11,17H,4-6H2,1H3,(H,20,21)/t11-/m1/s1. The monoisotopic (exact) mass is 310 g/mol. The molecule has 0 saturated carbocycles. The Bertz CT molecular complexity index is 824. The molecule has 4 rings (SSSR count). The third kappa shape index (κ3) is 2.70. The fraction of sp³-hybridized carbons (Fsp3) is 0.312. The minimum absolute atomic E-state index is 0.404. The molecule has 3 aromatic rings. The first kappa shape index (κ1) is 14.0. The van der Waals surface area contributed by atoms with Gasteiger partial charge in [-0.05, 0) is 25.1 Å². The second-order valence-electron chi connectivity index (χ2n) is 5.56. The van der Waals surface area contributed by atoms with E-state index in [9.17, 15) is 0 Å². The summed E-state index contributed by atoms with van der Waals surface area (Å²) in [6, 6.07) is 4.21. The van der Waals surface area contributed by atoms with Crippen LogP contribution >= 0.6 is 0 Å². The van der Waals surface area contributed by atoms with Crippen molar-refractivity contribution in [3.05, 3.63) is 36.9 Å². The first-order chi connectivity index (χ1) is 11.3. The molecule has 0 radical (unpaired) electrons. The molecule has 7 nitrogen and oxygen atoms in total. The van der Waals surface area contributed by atoms with Gasteiger partial charge in [0.2, 0.25) is 0 Å². The van der Waals surface area contributed by atoms with Gasteiger partial charge in [-0.3, -0.25) is 9.38 Å². The van der Waals surface area contributed by atoms with E-state index < -0.39 is 0 Å². The van der Waals surface area contributed by atoms with Crippen molar-refractivity contribution in [3.63, 3.8) is 0 Å². The summed E-state index contributed by atoms with van der Waals surface area (Å²) in [5.74, 6) is 1.56. The smallest absolute Gasteiger partial charge is 0.145 e. The van der Waals surface area contributed by atoms with E-state index in [-0.39, 0.29) is 0 Å². The Kier molecular flexibility index (Phi) is 3.55. The van der Waals surface area contributed by atoms with Crippen molar-refractivity contribution in [2.75, 3.05) is 25.5 Å². The van der Waals surface area contributed by atoms with Crippen LogP contribution in [-0.4, -0.2) is 45.6 Å². The molecule has 4 heterocycles. The number of ether oxygens (including phenoxy) is 1. The number of nitrogens with zero attached hydrogens (tertiary/aromatic N) is 4. The molecule has 0 amide bonds. The number of anilines is 1. The minimum atomic E-state index is 0.404. The van der Waals surface area contributed by atoms with Crippen LogP contribution in [0.15, 0.2) is 36.9 Å². The number of methoxy groups -OCH3 is 1. The van der Waals surface area contributed by atoms with Gasteiger partial charge in [-0.15, -0.1) is 0 Å². The molecule has 0 unspecified atom stereocenters. The molecule has 23 heavy (non-hydrogen) atoms. The lowest BCUT2D eigenvalue weighted by atomic mass is 10.2. The first-order valence-electron chi connectivity index (χ1n) is 7.64. The van der Waals surface area contributed by atoms with Gasteiger partial charge in [-0.25, -0.2) is 9.97 Å². The van der Waals surface area contributed by atoms with E-state index in [0.29, 0.717) is 6.04 Å². The number of rotatable bonds is 4. The normalized spacial score (nSPS) is 17.5. The van der Waals surface area contributed by atoms with Crippen molar-refractivity contribution in [2.45, 2.75) is 12.5 Å². The number of hydrogen-bond acceptors (Lipinski definition) is 6. The minimum Gasteiger partial charge on any atom is -0.495 e. The van der Waals surface area contributed by atoms with E-state index in [1.807, 2.05) is 22.7 Å². The summed E-state index contributed by atoms with van der Waals surface area (Å²) in [4.78, 5) is 13.4. The maximum atomic E-state index is 5.29.